The van der Waals surface area contributed by atoms with Crippen molar-refractivity contribution in [3.63, 3.8) is 0 Å². The molecule has 0 aliphatic rings. The van der Waals surface area contributed by atoms with Gasteiger partial charge in [-0.15, -0.1) is 0 Å². The highest BCUT2D eigenvalue weighted by atomic mass is 35.5. The zero-order valence-corrected chi connectivity index (χ0v) is 4.79. The molecular weight excluding hydrogens is 95.5 g/mol. The van der Waals surface area contributed by atoms with Gasteiger partial charge in [0.25, 0.3) is 0 Å². The molecule has 0 aromatic heterocycles. The second-order valence-corrected chi connectivity index (χ2v) is 1.62. The maximum Gasteiger partial charge on any atom is 0.000817 e. The molecule has 0 rings (SSSR count). The van der Waals surface area contributed by atoms with Crippen molar-refractivity contribution in [1.29, 1.82) is 0 Å². The molecule has 0 aromatic rings. The summed E-state index contributed by atoms with van der Waals surface area (Å²) >= 11 is 5.20. The van der Waals surface area contributed by atoms with Crippen molar-refractivity contribution in [3.05, 3.63) is 17.5 Å². The Morgan fingerprint density at radius 1 is 1.50 bits per heavy atom. The van der Waals surface area contributed by atoms with Gasteiger partial charge in [-0.3, -0.25) is 0 Å². The van der Waals surface area contributed by atoms with E-state index in [2.05, 4.69) is 0 Å². The van der Waals surface area contributed by atoms with Crippen molar-refractivity contribution in [1.82, 2.24) is 0 Å². The number of hydrogen-bond acceptors (Lipinski definition) is 0. The van der Waals surface area contributed by atoms with E-state index in [-0.39, 0.29) is 0 Å². The van der Waals surface area contributed by atoms with Crippen molar-refractivity contribution in [3.8, 4) is 0 Å². The van der Waals surface area contributed by atoms with Crippen LogP contribution in [0.2, 0.25) is 0 Å². The number of halogens is 1. The molecule has 0 saturated carbocycles. The largest absolute Gasteiger partial charge is 0.0933 e. The summed E-state index contributed by atoms with van der Waals surface area (Å²) in [5, 5.41) is 0. The Morgan fingerprint density at radius 3 is 2.00 bits per heavy atom. The van der Waals surface area contributed by atoms with E-state index < -0.39 is 0 Å². The molecule has 0 spiro atoms. The smallest absolute Gasteiger partial charge is 0.000817 e. The van der Waals surface area contributed by atoms with Crippen LogP contribution in [0.15, 0.2) is 11.6 Å². The third-order valence-electron chi connectivity index (χ3n) is 0.396. The molecule has 0 fully saturated rings. The van der Waals surface area contributed by atoms with Gasteiger partial charge in [0, 0.05) is 5.54 Å². The Morgan fingerprint density at radius 2 is 2.00 bits per heavy atom. The Balaban J connectivity index is 3.03. The minimum absolute atomic E-state index is 1.23. The second kappa shape index (κ2) is 3.23. The minimum Gasteiger partial charge on any atom is -0.0933 e. The topological polar surface area (TPSA) is 0 Å². The molecule has 0 bridgehead atoms. The quantitative estimate of drug-likeness (QED) is 0.478. The fourth-order valence-corrected chi connectivity index (χ4v) is 0.378. The van der Waals surface area contributed by atoms with Crippen LogP contribution in [0.3, 0.4) is 0 Å². The van der Waals surface area contributed by atoms with E-state index in [0.717, 1.165) is 0 Å². The predicted octanol–water partition coefficient (Wildman–Crippen LogP) is 2.35. The van der Waals surface area contributed by atoms with E-state index in [1.165, 1.54) is 11.5 Å². The van der Waals surface area contributed by atoms with Crippen molar-refractivity contribution < 1.29 is 0 Å². The summed E-state index contributed by atoms with van der Waals surface area (Å²) in [6.45, 7) is 4.00. The average Bonchev–Trinajstić information content (AvgIpc) is 1.35. The molecular formula is C5H8Cl. The van der Waals surface area contributed by atoms with Crippen LogP contribution >= 0.6 is 11.6 Å². The fraction of sp³-hybridized carbons (Fsp3) is 0.400. The number of rotatable bonds is 1. The van der Waals surface area contributed by atoms with E-state index in [9.17, 15) is 0 Å². The lowest BCUT2D eigenvalue weighted by Crippen LogP contribution is -1.68. The second-order valence-electron chi connectivity index (χ2n) is 1.37. The summed E-state index contributed by atoms with van der Waals surface area (Å²) in [4.78, 5) is 0. The maximum absolute atomic E-state index is 5.20. The molecule has 35 valence electrons. The molecule has 0 heterocycles. The van der Waals surface area contributed by atoms with Crippen molar-refractivity contribution >= 4 is 11.6 Å². The molecule has 0 saturated heterocycles. The van der Waals surface area contributed by atoms with Gasteiger partial charge in [0.2, 0.25) is 0 Å². The van der Waals surface area contributed by atoms with Crippen LogP contribution < -0.4 is 0 Å². The SMILES string of the molecule is C[C](C)/C=C/Cl. The highest BCUT2D eigenvalue weighted by Crippen LogP contribution is 1.96. The first kappa shape index (κ1) is 6.03. The van der Waals surface area contributed by atoms with Crippen LogP contribution in [0.5, 0.6) is 0 Å². The Hall–Kier alpha value is 0.0300. The number of allylic oxidation sites excluding steroid dienone is 1. The highest BCUT2D eigenvalue weighted by Gasteiger charge is 1.78. The van der Waals surface area contributed by atoms with E-state index in [0.29, 0.717) is 0 Å². The predicted molar refractivity (Wildman–Crippen MR) is 29.6 cm³/mol. The van der Waals surface area contributed by atoms with Gasteiger partial charge in [0.1, 0.15) is 0 Å². The van der Waals surface area contributed by atoms with E-state index in [1.807, 2.05) is 19.9 Å². The first-order valence-corrected chi connectivity index (χ1v) is 2.28. The van der Waals surface area contributed by atoms with Gasteiger partial charge in [-0.25, -0.2) is 0 Å². The third kappa shape index (κ3) is 4.03. The summed E-state index contributed by atoms with van der Waals surface area (Å²) in [5.74, 6) is 1.23. The first-order valence-electron chi connectivity index (χ1n) is 1.84. The Bertz CT molecular complexity index is 45.9. The van der Waals surface area contributed by atoms with Gasteiger partial charge in [0.15, 0.2) is 0 Å². The minimum atomic E-state index is 1.23. The van der Waals surface area contributed by atoms with Crippen LogP contribution in [0, 0.1) is 5.92 Å². The Labute approximate surface area is 43.8 Å². The van der Waals surface area contributed by atoms with Gasteiger partial charge < -0.3 is 0 Å². The molecule has 0 amide bonds. The fourth-order valence-electron chi connectivity index (χ4n) is 0.126. The van der Waals surface area contributed by atoms with Gasteiger partial charge in [-0.2, -0.15) is 0 Å². The van der Waals surface area contributed by atoms with Crippen LogP contribution in [-0.2, 0) is 0 Å². The Kier molecular flexibility index (Phi) is 3.24. The molecule has 1 radical (unpaired) electrons. The summed E-state index contributed by atoms with van der Waals surface area (Å²) in [7, 11) is 0. The zero-order valence-electron chi connectivity index (χ0n) is 4.03. The molecule has 0 atom stereocenters. The van der Waals surface area contributed by atoms with Gasteiger partial charge >= 0.3 is 0 Å². The molecule has 0 unspecified atom stereocenters. The normalized spacial score (nSPS) is 11.3. The molecule has 0 aliphatic carbocycles. The van der Waals surface area contributed by atoms with Crippen LogP contribution in [0.25, 0.3) is 0 Å². The van der Waals surface area contributed by atoms with E-state index >= 15 is 0 Å². The van der Waals surface area contributed by atoms with E-state index in [1.54, 1.807) is 0 Å². The molecule has 0 aliphatic heterocycles. The molecule has 1 heteroatoms. The molecule has 0 N–H and O–H groups in total. The maximum atomic E-state index is 5.20. The lowest BCUT2D eigenvalue weighted by Gasteiger charge is -1.84. The lowest BCUT2D eigenvalue weighted by molar-refractivity contribution is 1.21. The van der Waals surface area contributed by atoms with Gasteiger partial charge in [-0.05, 0) is 5.92 Å². The van der Waals surface area contributed by atoms with Crippen LogP contribution in [-0.4, -0.2) is 0 Å². The van der Waals surface area contributed by atoms with Crippen molar-refractivity contribution in [2.45, 2.75) is 13.8 Å². The van der Waals surface area contributed by atoms with Gasteiger partial charge in [-0.1, -0.05) is 31.5 Å². The summed E-state index contributed by atoms with van der Waals surface area (Å²) in [5.41, 5.74) is 1.51. The van der Waals surface area contributed by atoms with Gasteiger partial charge in [0.05, 0.1) is 0 Å². The average molecular weight is 104 g/mol. The molecule has 0 aromatic carbocycles. The zero-order chi connectivity index (χ0) is 4.99. The third-order valence-corrected chi connectivity index (χ3v) is 0.522. The first-order chi connectivity index (χ1) is 2.77. The standard InChI is InChI=1S/C5H8Cl/c1-5(2)3-4-6/h3-4H,1-2H3/b4-3+. The summed E-state index contributed by atoms with van der Waals surface area (Å²) in [6.07, 6.45) is 1.85. The van der Waals surface area contributed by atoms with Crippen LogP contribution in [0.1, 0.15) is 13.8 Å². The molecule has 6 heavy (non-hydrogen) atoms. The van der Waals surface area contributed by atoms with Crippen molar-refractivity contribution in [2.75, 3.05) is 0 Å². The van der Waals surface area contributed by atoms with Crippen molar-refractivity contribution in [2.24, 2.45) is 0 Å². The molecule has 0 nitrogen and oxygen atoms in total. The van der Waals surface area contributed by atoms with E-state index in [4.69, 9.17) is 11.6 Å². The monoisotopic (exact) mass is 103 g/mol. The van der Waals surface area contributed by atoms with Crippen LogP contribution in [0.4, 0.5) is 0 Å². The summed E-state index contributed by atoms with van der Waals surface area (Å²) in [6, 6.07) is 0. The highest BCUT2D eigenvalue weighted by molar-refractivity contribution is 6.25. The summed E-state index contributed by atoms with van der Waals surface area (Å²) < 4.78 is 0. The lowest BCUT2D eigenvalue weighted by atomic mass is 10.2. The number of hydrogen-bond donors (Lipinski definition) is 0.